The van der Waals surface area contributed by atoms with Gasteiger partial charge in [0.05, 0.1) is 5.52 Å². The highest BCUT2D eigenvalue weighted by atomic mass is 16.5. The summed E-state index contributed by atoms with van der Waals surface area (Å²) < 4.78 is 5.55. The van der Waals surface area contributed by atoms with Crippen LogP contribution in [0.15, 0.2) is 103 Å². The molecule has 0 saturated heterocycles. The molecule has 152 valence electrons. The molecule has 0 bridgehead atoms. The van der Waals surface area contributed by atoms with Gasteiger partial charge >= 0.3 is 5.97 Å². The van der Waals surface area contributed by atoms with E-state index in [4.69, 9.17) is 4.74 Å². The Morgan fingerprint density at radius 2 is 1.55 bits per heavy atom. The first-order valence-electron chi connectivity index (χ1n) is 9.84. The first-order chi connectivity index (χ1) is 15.2. The predicted octanol–water partition coefficient (Wildman–Crippen LogP) is 5.17. The summed E-state index contributed by atoms with van der Waals surface area (Å²) in [6.07, 6.45) is 3.59. The van der Waals surface area contributed by atoms with Crippen molar-refractivity contribution in [3.8, 4) is 0 Å². The second-order valence-corrected chi connectivity index (χ2v) is 6.84. The summed E-state index contributed by atoms with van der Waals surface area (Å²) in [7, 11) is 0. The van der Waals surface area contributed by atoms with Gasteiger partial charge in [-0.05, 0) is 24.3 Å². The third-order valence-corrected chi connectivity index (χ3v) is 4.68. The zero-order valence-corrected chi connectivity index (χ0v) is 16.6. The largest absolute Gasteiger partial charge is 0.444 e. The summed E-state index contributed by atoms with van der Waals surface area (Å²) in [4.78, 5) is 29.8. The topological polar surface area (TPSA) is 68.3 Å². The number of fused-ring (bicyclic) bond motifs is 1. The molecule has 0 radical (unpaired) electrons. The second kappa shape index (κ2) is 9.50. The van der Waals surface area contributed by atoms with E-state index in [1.54, 1.807) is 48.7 Å². The Balaban J connectivity index is 1.54. The molecule has 0 aliphatic heterocycles. The normalized spacial score (nSPS) is 11.9. The maximum absolute atomic E-state index is 12.9. The first kappa shape index (κ1) is 20.0. The van der Waals surface area contributed by atoms with E-state index in [0.29, 0.717) is 11.3 Å². The monoisotopic (exact) mass is 408 g/mol. The third kappa shape index (κ3) is 5.03. The lowest BCUT2D eigenvalue weighted by atomic mass is 10.1. The van der Waals surface area contributed by atoms with Crippen LogP contribution in [0, 0.1) is 0 Å². The molecule has 1 aromatic heterocycles. The van der Waals surface area contributed by atoms with Crippen molar-refractivity contribution in [1.29, 1.82) is 0 Å². The van der Waals surface area contributed by atoms with Crippen LogP contribution >= 0.6 is 0 Å². The van der Waals surface area contributed by atoms with Crippen LogP contribution in [0.3, 0.4) is 0 Å². The molecule has 1 heterocycles. The number of rotatable bonds is 6. The zero-order chi connectivity index (χ0) is 21.5. The number of hydrogen-bond donors (Lipinski definition) is 1. The molecule has 1 atom stereocenters. The summed E-state index contributed by atoms with van der Waals surface area (Å²) in [6.45, 7) is 0. The molecule has 5 nitrogen and oxygen atoms in total. The van der Waals surface area contributed by atoms with E-state index in [-0.39, 0.29) is 0 Å². The molecule has 4 aromatic rings. The van der Waals surface area contributed by atoms with E-state index in [0.717, 1.165) is 16.5 Å². The Morgan fingerprint density at radius 1 is 0.839 bits per heavy atom. The lowest BCUT2D eigenvalue weighted by Gasteiger charge is -2.17. The van der Waals surface area contributed by atoms with Gasteiger partial charge in [0.15, 0.2) is 0 Å². The van der Waals surface area contributed by atoms with Crippen LogP contribution < -0.4 is 5.32 Å². The van der Waals surface area contributed by atoms with Gasteiger partial charge in [-0.25, -0.2) is 4.79 Å². The molecule has 4 rings (SSSR count). The fourth-order valence-corrected chi connectivity index (χ4v) is 3.21. The van der Waals surface area contributed by atoms with Gasteiger partial charge in [0.25, 0.3) is 5.91 Å². The van der Waals surface area contributed by atoms with Crippen molar-refractivity contribution >= 4 is 34.5 Å². The van der Waals surface area contributed by atoms with Crippen molar-refractivity contribution < 1.29 is 14.3 Å². The van der Waals surface area contributed by atoms with Crippen LogP contribution in [-0.4, -0.2) is 16.9 Å². The number of pyridine rings is 1. The van der Waals surface area contributed by atoms with Crippen LogP contribution in [-0.2, 0) is 14.3 Å². The highest BCUT2D eigenvalue weighted by molar-refractivity contribution is 5.98. The van der Waals surface area contributed by atoms with Gasteiger partial charge in [0, 0.05) is 34.5 Å². The maximum Gasteiger partial charge on any atom is 0.331 e. The molecule has 3 aromatic carbocycles. The molecule has 0 aliphatic rings. The highest BCUT2D eigenvalue weighted by Gasteiger charge is 2.24. The molecular weight excluding hydrogens is 388 g/mol. The van der Waals surface area contributed by atoms with Crippen molar-refractivity contribution in [3.05, 3.63) is 114 Å². The molecular formula is C26H20N2O3. The minimum atomic E-state index is -1.08. The summed E-state index contributed by atoms with van der Waals surface area (Å²) in [5.41, 5.74) is 2.79. The number of para-hydroxylation sites is 2. The van der Waals surface area contributed by atoms with E-state index < -0.39 is 18.0 Å². The number of hydrogen-bond acceptors (Lipinski definition) is 4. The second-order valence-electron chi connectivity index (χ2n) is 6.84. The van der Waals surface area contributed by atoms with Gasteiger partial charge in [-0.2, -0.15) is 0 Å². The Bertz CT molecular complexity index is 1220. The molecule has 31 heavy (non-hydrogen) atoms. The van der Waals surface area contributed by atoms with Crippen LogP contribution in [0.2, 0.25) is 0 Å². The molecule has 1 amide bonds. The number of carbonyl (C=O) groups excluding carboxylic acids is 2. The van der Waals surface area contributed by atoms with E-state index in [1.807, 2.05) is 54.6 Å². The SMILES string of the molecule is O=C(/C=C/c1cccc2cccnc12)OC(C(=O)Nc1ccccc1)c1ccccc1. The van der Waals surface area contributed by atoms with E-state index in [1.165, 1.54) is 6.08 Å². The fraction of sp³-hybridized carbons (Fsp3) is 0.0385. The number of esters is 1. The zero-order valence-electron chi connectivity index (χ0n) is 16.6. The van der Waals surface area contributed by atoms with E-state index in [9.17, 15) is 9.59 Å². The molecule has 1 N–H and O–H groups in total. The van der Waals surface area contributed by atoms with Crippen LogP contribution in [0.5, 0.6) is 0 Å². The number of benzene rings is 3. The molecule has 1 unspecified atom stereocenters. The van der Waals surface area contributed by atoms with Gasteiger partial charge in [0.1, 0.15) is 0 Å². The molecule has 0 fully saturated rings. The predicted molar refractivity (Wildman–Crippen MR) is 121 cm³/mol. The van der Waals surface area contributed by atoms with Gasteiger partial charge < -0.3 is 10.1 Å². The number of carbonyl (C=O) groups is 2. The Hall–Kier alpha value is -4.25. The summed E-state index contributed by atoms with van der Waals surface area (Å²) in [5, 5.41) is 3.77. The van der Waals surface area contributed by atoms with E-state index >= 15 is 0 Å². The summed E-state index contributed by atoms with van der Waals surface area (Å²) in [5.74, 6) is -1.05. The molecule has 5 heteroatoms. The average Bonchev–Trinajstić information content (AvgIpc) is 2.82. The molecule has 0 saturated carbocycles. The quantitative estimate of drug-likeness (QED) is 0.353. The third-order valence-electron chi connectivity index (χ3n) is 4.68. The summed E-state index contributed by atoms with van der Waals surface area (Å²) in [6, 6.07) is 27.5. The van der Waals surface area contributed by atoms with E-state index in [2.05, 4.69) is 10.3 Å². The number of anilines is 1. The number of aromatic nitrogens is 1. The first-order valence-corrected chi connectivity index (χ1v) is 9.84. The molecule has 0 aliphatic carbocycles. The lowest BCUT2D eigenvalue weighted by molar-refractivity contribution is -0.149. The Kier molecular flexibility index (Phi) is 6.14. The van der Waals surface area contributed by atoms with Crippen molar-refractivity contribution in [2.24, 2.45) is 0 Å². The number of ether oxygens (including phenoxy) is 1. The summed E-state index contributed by atoms with van der Waals surface area (Å²) >= 11 is 0. The Morgan fingerprint density at radius 3 is 2.32 bits per heavy atom. The fourth-order valence-electron chi connectivity index (χ4n) is 3.21. The van der Waals surface area contributed by atoms with Crippen molar-refractivity contribution in [2.45, 2.75) is 6.10 Å². The standard InChI is InChI=1S/C26H20N2O3/c29-23(17-16-20-12-7-11-19-13-8-18-27-24(19)20)31-25(21-9-3-1-4-10-21)26(30)28-22-14-5-2-6-15-22/h1-18,25H,(H,28,30)/b17-16+. The van der Waals surface area contributed by atoms with Crippen LogP contribution in [0.4, 0.5) is 5.69 Å². The van der Waals surface area contributed by atoms with Gasteiger partial charge in [0.2, 0.25) is 6.10 Å². The van der Waals surface area contributed by atoms with Gasteiger partial charge in [-0.15, -0.1) is 0 Å². The highest BCUT2D eigenvalue weighted by Crippen LogP contribution is 2.21. The smallest absolute Gasteiger partial charge is 0.331 e. The number of nitrogens with one attached hydrogen (secondary N) is 1. The van der Waals surface area contributed by atoms with Crippen LogP contribution in [0.25, 0.3) is 17.0 Å². The van der Waals surface area contributed by atoms with Crippen molar-refractivity contribution in [1.82, 2.24) is 4.98 Å². The average molecular weight is 408 g/mol. The Labute approximate surface area is 180 Å². The molecule has 0 spiro atoms. The van der Waals surface area contributed by atoms with Gasteiger partial charge in [-0.1, -0.05) is 72.8 Å². The number of nitrogens with zero attached hydrogens (tertiary/aromatic N) is 1. The lowest BCUT2D eigenvalue weighted by Crippen LogP contribution is -2.25. The number of amides is 1. The van der Waals surface area contributed by atoms with Gasteiger partial charge in [-0.3, -0.25) is 9.78 Å². The van der Waals surface area contributed by atoms with Crippen LogP contribution in [0.1, 0.15) is 17.2 Å². The van der Waals surface area contributed by atoms with Crippen molar-refractivity contribution in [3.63, 3.8) is 0 Å². The minimum Gasteiger partial charge on any atom is -0.444 e. The minimum absolute atomic E-state index is 0.425. The maximum atomic E-state index is 12.9. The van der Waals surface area contributed by atoms with Crippen molar-refractivity contribution in [2.75, 3.05) is 5.32 Å².